The summed E-state index contributed by atoms with van der Waals surface area (Å²) >= 11 is 0. The fourth-order valence-electron chi connectivity index (χ4n) is 2.23. The Hall–Kier alpha value is -0.120. The van der Waals surface area contributed by atoms with Gasteiger partial charge in [0.2, 0.25) is 0 Å². The van der Waals surface area contributed by atoms with Crippen molar-refractivity contribution in [2.45, 2.75) is 71.1 Å². The summed E-state index contributed by atoms with van der Waals surface area (Å²) in [5, 5.41) is 12.9. The minimum Gasteiger partial charge on any atom is -0.393 e. The zero-order valence-electron chi connectivity index (χ0n) is 10.7. The Kier molecular flexibility index (Phi) is 7.14. The van der Waals surface area contributed by atoms with Crippen LogP contribution in [0.3, 0.4) is 0 Å². The monoisotopic (exact) mass is 216 g/mol. The van der Waals surface area contributed by atoms with Crippen LogP contribution in [0.1, 0.15) is 53.4 Å². The van der Waals surface area contributed by atoms with E-state index in [1.807, 2.05) is 6.92 Å². The SMILES string of the molecule is CCCC(CC)(CN)NC(C)CC(C)O. The quantitative estimate of drug-likeness (QED) is 0.578. The molecular weight excluding hydrogens is 188 g/mol. The van der Waals surface area contributed by atoms with Gasteiger partial charge in [0.1, 0.15) is 0 Å². The van der Waals surface area contributed by atoms with Crippen LogP contribution >= 0.6 is 0 Å². The number of rotatable bonds is 8. The minimum absolute atomic E-state index is 0.0586. The minimum atomic E-state index is -0.249. The molecule has 0 aromatic carbocycles. The van der Waals surface area contributed by atoms with Gasteiger partial charge in [-0.3, -0.25) is 0 Å². The topological polar surface area (TPSA) is 58.3 Å². The molecule has 0 spiro atoms. The number of aliphatic hydroxyl groups is 1. The summed E-state index contributed by atoms with van der Waals surface area (Å²) in [7, 11) is 0. The molecule has 0 rings (SSSR count). The van der Waals surface area contributed by atoms with Crippen LogP contribution < -0.4 is 11.1 Å². The van der Waals surface area contributed by atoms with Crippen LogP contribution in [-0.2, 0) is 0 Å². The first-order valence-electron chi connectivity index (χ1n) is 6.15. The second-order valence-corrected chi connectivity index (χ2v) is 4.72. The lowest BCUT2D eigenvalue weighted by molar-refractivity contribution is 0.155. The molecule has 3 atom stereocenters. The van der Waals surface area contributed by atoms with E-state index in [1.165, 1.54) is 0 Å². The molecule has 92 valence electrons. The molecule has 4 N–H and O–H groups in total. The largest absolute Gasteiger partial charge is 0.393 e. The normalized spacial score (nSPS) is 19.6. The standard InChI is InChI=1S/C12H28N2O/c1-5-7-12(6-2,9-13)14-10(3)8-11(4)15/h10-11,14-15H,5-9,13H2,1-4H3. The summed E-state index contributed by atoms with van der Waals surface area (Å²) < 4.78 is 0. The zero-order valence-corrected chi connectivity index (χ0v) is 10.7. The van der Waals surface area contributed by atoms with Crippen molar-refractivity contribution < 1.29 is 5.11 Å². The van der Waals surface area contributed by atoms with Gasteiger partial charge in [0.05, 0.1) is 6.10 Å². The summed E-state index contributed by atoms with van der Waals surface area (Å²) in [5.74, 6) is 0. The van der Waals surface area contributed by atoms with E-state index in [-0.39, 0.29) is 11.6 Å². The van der Waals surface area contributed by atoms with Gasteiger partial charge in [0.25, 0.3) is 0 Å². The Balaban J connectivity index is 4.25. The molecule has 3 nitrogen and oxygen atoms in total. The van der Waals surface area contributed by atoms with Gasteiger partial charge in [-0.25, -0.2) is 0 Å². The number of hydrogen-bond acceptors (Lipinski definition) is 3. The average Bonchev–Trinajstić information content (AvgIpc) is 2.15. The highest BCUT2D eigenvalue weighted by molar-refractivity contribution is 4.89. The molecule has 0 heterocycles. The smallest absolute Gasteiger partial charge is 0.0526 e. The summed E-state index contributed by atoms with van der Waals surface area (Å²) in [6, 6.07) is 0.319. The lowest BCUT2D eigenvalue weighted by Crippen LogP contribution is -2.54. The molecule has 0 aromatic heterocycles. The summed E-state index contributed by atoms with van der Waals surface area (Å²) in [5.41, 5.74) is 5.92. The fraction of sp³-hybridized carbons (Fsp3) is 1.00. The van der Waals surface area contributed by atoms with Gasteiger partial charge in [-0.2, -0.15) is 0 Å². The van der Waals surface area contributed by atoms with Crippen LogP contribution in [0.15, 0.2) is 0 Å². The number of aliphatic hydroxyl groups excluding tert-OH is 1. The van der Waals surface area contributed by atoms with Crippen molar-refractivity contribution in [2.75, 3.05) is 6.54 Å². The van der Waals surface area contributed by atoms with E-state index in [0.29, 0.717) is 12.6 Å². The molecular formula is C12H28N2O. The van der Waals surface area contributed by atoms with Crippen molar-refractivity contribution in [2.24, 2.45) is 5.73 Å². The van der Waals surface area contributed by atoms with Crippen molar-refractivity contribution in [3.63, 3.8) is 0 Å². The molecule has 3 heteroatoms. The lowest BCUT2D eigenvalue weighted by atomic mass is 9.89. The Morgan fingerprint density at radius 2 is 1.93 bits per heavy atom. The summed E-state index contributed by atoms with van der Waals surface area (Å²) in [6.07, 6.45) is 3.82. The molecule has 0 aliphatic rings. The van der Waals surface area contributed by atoms with Crippen molar-refractivity contribution in [3.05, 3.63) is 0 Å². The molecule has 0 aliphatic heterocycles. The first-order chi connectivity index (χ1) is 6.99. The van der Waals surface area contributed by atoms with E-state index in [0.717, 1.165) is 25.7 Å². The molecule has 0 saturated carbocycles. The van der Waals surface area contributed by atoms with E-state index >= 15 is 0 Å². The van der Waals surface area contributed by atoms with Crippen LogP contribution in [0.25, 0.3) is 0 Å². The predicted octanol–water partition coefficient (Wildman–Crippen LogP) is 1.64. The Labute approximate surface area is 94.4 Å². The fourth-order valence-corrected chi connectivity index (χ4v) is 2.23. The van der Waals surface area contributed by atoms with Gasteiger partial charge in [-0.05, 0) is 33.1 Å². The Morgan fingerprint density at radius 3 is 2.27 bits per heavy atom. The van der Waals surface area contributed by atoms with Crippen LogP contribution in [0.2, 0.25) is 0 Å². The van der Waals surface area contributed by atoms with Crippen LogP contribution in [-0.4, -0.2) is 29.3 Å². The Bertz CT molecular complexity index is 156. The molecule has 3 unspecified atom stereocenters. The third-order valence-electron chi connectivity index (χ3n) is 3.04. The first kappa shape index (κ1) is 14.9. The number of nitrogens with one attached hydrogen (secondary N) is 1. The molecule has 0 aromatic rings. The highest BCUT2D eigenvalue weighted by Crippen LogP contribution is 2.17. The van der Waals surface area contributed by atoms with E-state index in [1.54, 1.807) is 0 Å². The van der Waals surface area contributed by atoms with Gasteiger partial charge in [0, 0.05) is 18.1 Å². The Morgan fingerprint density at radius 1 is 1.33 bits per heavy atom. The van der Waals surface area contributed by atoms with Crippen molar-refractivity contribution >= 4 is 0 Å². The van der Waals surface area contributed by atoms with E-state index in [4.69, 9.17) is 5.73 Å². The van der Waals surface area contributed by atoms with Crippen LogP contribution in [0, 0.1) is 0 Å². The molecule has 0 amide bonds. The van der Waals surface area contributed by atoms with Gasteiger partial charge in [-0.1, -0.05) is 20.3 Å². The number of hydrogen-bond donors (Lipinski definition) is 3. The molecule has 0 fully saturated rings. The second kappa shape index (κ2) is 7.20. The third-order valence-corrected chi connectivity index (χ3v) is 3.04. The van der Waals surface area contributed by atoms with E-state index in [9.17, 15) is 5.11 Å². The van der Waals surface area contributed by atoms with Gasteiger partial charge < -0.3 is 16.2 Å². The van der Waals surface area contributed by atoms with E-state index < -0.39 is 0 Å². The number of nitrogens with two attached hydrogens (primary N) is 1. The highest BCUT2D eigenvalue weighted by atomic mass is 16.3. The molecule has 15 heavy (non-hydrogen) atoms. The lowest BCUT2D eigenvalue weighted by Gasteiger charge is -2.36. The van der Waals surface area contributed by atoms with Gasteiger partial charge in [0.15, 0.2) is 0 Å². The maximum atomic E-state index is 9.32. The van der Waals surface area contributed by atoms with Crippen molar-refractivity contribution in [3.8, 4) is 0 Å². The highest BCUT2D eigenvalue weighted by Gasteiger charge is 2.26. The van der Waals surface area contributed by atoms with Crippen molar-refractivity contribution in [1.82, 2.24) is 5.32 Å². The second-order valence-electron chi connectivity index (χ2n) is 4.72. The van der Waals surface area contributed by atoms with Gasteiger partial charge in [-0.15, -0.1) is 0 Å². The van der Waals surface area contributed by atoms with Crippen LogP contribution in [0.5, 0.6) is 0 Å². The molecule has 0 radical (unpaired) electrons. The van der Waals surface area contributed by atoms with Crippen molar-refractivity contribution in [1.29, 1.82) is 0 Å². The maximum Gasteiger partial charge on any atom is 0.0526 e. The van der Waals surface area contributed by atoms with Gasteiger partial charge >= 0.3 is 0 Å². The summed E-state index contributed by atoms with van der Waals surface area (Å²) in [4.78, 5) is 0. The average molecular weight is 216 g/mol. The zero-order chi connectivity index (χ0) is 11.9. The summed E-state index contributed by atoms with van der Waals surface area (Å²) in [6.45, 7) is 8.96. The molecule has 0 saturated heterocycles. The third kappa shape index (κ3) is 5.50. The maximum absolute atomic E-state index is 9.32. The van der Waals surface area contributed by atoms with Crippen LogP contribution in [0.4, 0.5) is 0 Å². The first-order valence-corrected chi connectivity index (χ1v) is 6.15. The van der Waals surface area contributed by atoms with E-state index in [2.05, 4.69) is 26.1 Å². The predicted molar refractivity (Wildman–Crippen MR) is 65.9 cm³/mol. The molecule has 0 aliphatic carbocycles. The molecule has 0 bridgehead atoms.